The van der Waals surface area contributed by atoms with Crippen LogP contribution in [-0.2, 0) is 14.3 Å². The van der Waals surface area contributed by atoms with E-state index in [0.717, 1.165) is 9.75 Å². The highest BCUT2D eigenvalue weighted by atomic mass is 32.1. The zero-order valence-corrected chi connectivity index (χ0v) is 15.4. The van der Waals surface area contributed by atoms with Crippen LogP contribution in [0.2, 0.25) is 0 Å². The van der Waals surface area contributed by atoms with Crippen molar-refractivity contribution < 1.29 is 24.2 Å². The number of thiophene rings is 1. The summed E-state index contributed by atoms with van der Waals surface area (Å²) < 4.78 is 5.40. The summed E-state index contributed by atoms with van der Waals surface area (Å²) >= 11 is 1.58. The summed E-state index contributed by atoms with van der Waals surface area (Å²) in [5.74, 6) is -1.19. The van der Waals surface area contributed by atoms with Crippen LogP contribution in [0.3, 0.4) is 0 Å². The summed E-state index contributed by atoms with van der Waals surface area (Å²) in [6, 6.07) is 1.87. The fraction of sp³-hybridized carbons (Fsp3) is 0.611. The van der Waals surface area contributed by atoms with Crippen LogP contribution < -0.4 is 0 Å². The molecule has 0 spiro atoms. The average Bonchev–Trinajstić information content (AvgIpc) is 3.13. The molecule has 3 heterocycles. The van der Waals surface area contributed by atoms with Crippen molar-refractivity contribution in [2.75, 3.05) is 26.3 Å². The van der Waals surface area contributed by atoms with Crippen LogP contribution in [0.15, 0.2) is 6.07 Å². The summed E-state index contributed by atoms with van der Waals surface area (Å²) in [6.45, 7) is 5.28. The number of aryl methyl sites for hydroxylation is 2. The van der Waals surface area contributed by atoms with Crippen molar-refractivity contribution in [3.05, 3.63) is 21.4 Å². The molecule has 2 saturated heterocycles. The minimum absolute atomic E-state index is 0.0249. The Labute approximate surface area is 150 Å². The molecule has 0 saturated carbocycles. The minimum Gasteiger partial charge on any atom is -0.481 e. The Bertz CT molecular complexity index is 712. The van der Waals surface area contributed by atoms with Crippen LogP contribution in [0.25, 0.3) is 0 Å². The highest BCUT2D eigenvalue weighted by Gasteiger charge is 2.54. The number of likely N-dealkylation sites (tertiary alicyclic amines) is 1. The highest BCUT2D eigenvalue weighted by Crippen LogP contribution is 2.42. The molecule has 3 rings (SSSR count). The van der Waals surface area contributed by atoms with E-state index in [4.69, 9.17) is 4.74 Å². The first-order valence-corrected chi connectivity index (χ1v) is 9.34. The van der Waals surface area contributed by atoms with E-state index in [2.05, 4.69) is 0 Å². The van der Waals surface area contributed by atoms with Crippen molar-refractivity contribution >= 4 is 29.0 Å². The molecule has 1 aromatic heterocycles. The predicted molar refractivity (Wildman–Crippen MR) is 92.9 cm³/mol. The Kier molecular flexibility index (Phi) is 4.97. The van der Waals surface area contributed by atoms with Crippen LogP contribution in [0.5, 0.6) is 0 Å². The third-order valence-electron chi connectivity index (χ3n) is 5.39. The summed E-state index contributed by atoms with van der Waals surface area (Å²) in [5, 5.41) is 9.65. The smallest absolute Gasteiger partial charge is 0.311 e. The van der Waals surface area contributed by atoms with E-state index >= 15 is 0 Å². The maximum atomic E-state index is 12.5. The summed E-state index contributed by atoms with van der Waals surface area (Å²) in [4.78, 5) is 40.3. The van der Waals surface area contributed by atoms with Gasteiger partial charge in [-0.2, -0.15) is 0 Å². The number of ether oxygens (including phenoxy) is 1. The molecule has 0 aromatic carbocycles. The van der Waals surface area contributed by atoms with Crippen LogP contribution in [0.1, 0.15) is 39.4 Å². The van der Waals surface area contributed by atoms with Gasteiger partial charge in [0.1, 0.15) is 0 Å². The monoisotopic (exact) mass is 365 g/mol. The minimum atomic E-state index is -0.890. The van der Waals surface area contributed by atoms with E-state index in [1.807, 2.05) is 19.9 Å². The second kappa shape index (κ2) is 6.88. The topological polar surface area (TPSA) is 83.9 Å². The van der Waals surface area contributed by atoms with Crippen molar-refractivity contribution in [3.63, 3.8) is 0 Å². The number of carbonyl (C=O) groups is 3. The first-order chi connectivity index (χ1) is 11.8. The number of hydrogen-bond donors (Lipinski definition) is 1. The Morgan fingerprint density at radius 1 is 1.36 bits per heavy atom. The lowest BCUT2D eigenvalue weighted by Gasteiger charge is -2.33. The van der Waals surface area contributed by atoms with Crippen molar-refractivity contribution in [1.82, 2.24) is 4.90 Å². The molecule has 6 nitrogen and oxygen atoms in total. The maximum absolute atomic E-state index is 12.5. The number of nitrogens with zero attached hydrogens (tertiary/aromatic N) is 1. The van der Waals surface area contributed by atoms with E-state index in [-0.39, 0.29) is 37.0 Å². The normalized spacial score (nSPS) is 25.7. The van der Waals surface area contributed by atoms with E-state index in [1.54, 1.807) is 16.2 Å². The zero-order chi connectivity index (χ0) is 18.2. The molecule has 136 valence electrons. The third kappa shape index (κ3) is 3.35. The molecular weight excluding hydrogens is 342 g/mol. The van der Waals surface area contributed by atoms with Crippen LogP contribution >= 0.6 is 11.3 Å². The highest BCUT2D eigenvalue weighted by molar-refractivity contribution is 7.12. The molecule has 25 heavy (non-hydrogen) atoms. The quantitative estimate of drug-likeness (QED) is 0.809. The number of aliphatic carboxylic acids is 1. The average molecular weight is 365 g/mol. The van der Waals surface area contributed by atoms with Gasteiger partial charge in [-0.05, 0) is 26.3 Å². The summed E-state index contributed by atoms with van der Waals surface area (Å²) in [6.07, 6.45) is 0.715. The van der Waals surface area contributed by atoms with Gasteiger partial charge in [-0.25, -0.2) is 0 Å². The van der Waals surface area contributed by atoms with E-state index < -0.39 is 11.4 Å². The standard InChI is InChI=1S/C18H23NO5S/c1-11-7-14(12(2)25-11)15(20)3-4-16(21)19-8-13-9-24-6-5-18(13,10-19)17(22)23/h7,13H,3-6,8-10H2,1-2H3,(H,22,23)/t13-,18+/m0/s1. The Balaban J connectivity index is 1.61. The molecule has 1 N–H and O–H groups in total. The Morgan fingerprint density at radius 2 is 2.12 bits per heavy atom. The summed E-state index contributed by atoms with van der Waals surface area (Å²) in [7, 11) is 0. The van der Waals surface area contributed by atoms with Gasteiger partial charge in [0.25, 0.3) is 0 Å². The van der Waals surface area contributed by atoms with Crippen molar-refractivity contribution in [2.24, 2.45) is 11.3 Å². The lowest BCUT2D eigenvalue weighted by molar-refractivity contribution is -0.157. The Hall–Kier alpha value is -1.73. The summed E-state index contributed by atoms with van der Waals surface area (Å²) in [5.41, 5.74) is -0.195. The van der Waals surface area contributed by atoms with Crippen LogP contribution in [0.4, 0.5) is 0 Å². The van der Waals surface area contributed by atoms with E-state index in [9.17, 15) is 19.5 Å². The van der Waals surface area contributed by atoms with Crippen LogP contribution in [-0.4, -0.2) is 54.0 Å². The maximum Gasteiger partial charge on any atom is 0.311 e. The van der Waals surface area contributed by atoms with Crippen molar-refractivity contribution in [3.8, 4) is 0 Å². The molecule has 1 amide bonds. The van der Waals surface area contributed by atoms with Gasteiger partial charge in [0, 0.05) is 53.8 Å². The predicted octanol–water partition coefficient (Wildman–Crippen LogP) is 2.28. The molecule has 1 aromatic rings. The SMILES string of the molecule is Cc1cc(C(=O)CCC(=O)N2C[C@H]3COCC[C@@]3(C(=O)O)C2)c(C)s1. The molecule has 0 aliphatic carbocycles. The first kappa shape index (κ1) is 18.1. The molecule has 2 aliphatic rings. The van der Waals surface area contributed by atoms with Gasteiger partial charge in [-0.15, -0.1) is 11.3 Å². The molecule has 0 unspecified atom stereocenters. The molecule has 2 aliphatic heterocycles. The van der Waals surface area contributed by atoms with Crippen LogP contribution in [0, 0.1) is 25.2 Å². The van der Waals surface area contributed by atoms with Crippen molar-refractivity contribution in [1.29, 1.82) is 0 Å². The second-order valence-electron chi connectivity index (χ2n) is 7.01. The van der Waals surface area contributed by atoms with E-state index in [1.165, 1.54) is 0 Å². The molecule has 0 bridgehead atoms. The number of hydrogen-bond acceptors (Lipinski definition) is 5. The van der Waals surface area contributed by atoms with Crippen molar-refractivity contribution in [2.45, 2.75) is 33.1 Å². The second-order valence-corrected chi connectivity index (χ2v) is 8.47. The largest absolute Gasteiger partial charge is 0.481 e. The van der Waals surface area contributed by atoms with Gasteiger partial charge in [-0.3, -0.25) is 14.4 Å². The molecule has 2 atom stereocenters. The first-order valence-electron chi connectivity index (χ1n) is 8.52. The fourth-order valence-electron chi connectivity index (χ4n) is 3.91. The number of fused-ring (bicyclic) bond motifs is 1. The number of carbonyl (C=O) groups excluding carboxylic acids is 2. The Morgan fingerprint density at radius 3 is 2.72 bits per heavy atom. The van der Waals surface area contributed by atoms with Gasteiger partial charge < -0.3 is 14.7 Å². The number of amides is 1. The number of Topliss-reactive ketones (excluding diaryl/α,β-unsaturated/α-hetero) is 1. The number of carboxylic acid groups (broad SMARTS) is 1. The fourth-order valence-corrected chi connectivity index (χ4v) is 4.85. The molecule has 0 radical (unpaired) electrons. The zero-order valence-electron chi connectivity index (χ0n) is 14.5. The van der Waals surface area contributed by atoms with Gasteiger partial charge in [0.05, 0.1) is 12.0 Å². The third-order valence-corrected chi connectivity index (χ3v) is 6.36. The van der Waals surface area contributed by atoms with Gasteiger partial charge in [0.2, 0.25) is 5.91 Å². The molecule has 2 fully saturated rings. The lowest BCUT2D eigenvalue weighted by atomic mass is 9.74. The molecule has 7 heteroatoms. The number of rotatable bonds is 5. The number of carboxylic acids is 1. The van der Waals surface area contributed by atoms with Gasteiger partial charge in [-0.1, -0.05) is 0 Å². The van der Waals surface area contributed by atoms with Gasteiger partial charge >= 0.3 is 5.97 Å². The number of ketones is 1. The van der Waals surface area contributed by atoms with E-state index in [0.29, 0.717) is 31.7 Å². The lowest BCUT2D eigenvalue weighted by Crippen LogP contribution is -2.45. The van der Waals surface area contributed by atoms with Gasteiger partial charge in [0.15, 0.2) is 5.78 Å². The molecular formula is C18H23NO5S.